The number of sulfonamides is 1. The first kappa shape index (κ1) is 24.3. The lowest BCUT2D eigenvalue weighted by Crippen LogP contribution is -2.35. The van der Waals surface area contributed by atoms with E-state index in [0.29, 0.717) is 12.3 Å². The molecule has 28 heavy (non-hydrogen) atoms. The highest BCUT2D eigenvalue weighted by Gasteiger charge is 2.11. The van der Waals surface area contributed by atoms with Crippen LogP contribution < -0.4 is 9.46 Å². The van der Waals surface area contributed by atoms with Crippen LogP contribution in [0.4, 0.5) is 5.69 Å². The molecular weight excluding hydrogens is 396 g/mol. The second-order valence-corrected chi connectivity index (χ2v) is 8.91. The average Bonchev–Trinajstić information content (AvgIpc) is 2.60. The number of benzene rings is 2. The van der Waals surface area contributed by atoms with Crippen molar-refractivity contribution in [3.8, 4) is 5.75 Å². The van der Waals surface area contributed by atoms with E-state index < -0.39 is 10.0 Å². The van der Waals surface area contributed by atoms with Crippen LogP contribution in [0.15, 0.2) is 42.5 Å². The van der Waals surface area contributed by atoms with Gasteiger partial charge >= 0.3 is 0 Å². The van der Waals surface area contributed by atoms with Crippen LogP contribution >= 0.6 is 12.4 Å². The molecule has 0 heterocycles. The summed E-state index contributed by atoms with van der Waals surface area (Å²) in [5.74, 6) is 0.948. The average molecular weight is 427 g/mol. The van der Waals surface area contributed by atoms with Crippen molar-refractivity contribution in [2.45, 2.75) is 33.2 Å². The highest BCUT2D eigenvalue weighted by atomic mass is 35.5. The Morgan fingerprint density at radius 1 is 1.11 bits per heavy atom. The van der Waals surface area contributed by atoms with Crippen LogP contribution in [0.1, 0.15) is 23.6 Å². The number of likely N-dealkylation sites (N-methyl/N-ethyl adjacent to an activating group) is 1. The minimum Gasteiger partial charge on any atom is -0.492 e. The van der Waals surface area contributed by atoms with Gasteiger partial charge in [0.25, 0.3) is 0 Å². The molecule has 0 saturated carbocycles. The second kappa shape index (κ2) is 10.7. The Balaban J connectivity index is 0.00000392. The van der Waals surface area contributed by atoms with Gasteiger partial charge in [0.1, 0.15) is 12.4 Å². The number of aryl methyl sites for hydroxylation is 1. The topological polar surface area (TPSA) is 58.6 Å². The van der Waals surface area contributed by atoms with E-state index in [1.54, 1.807) is 12.1 Å². The van der Waals surface area contributed by atoms with E-state index in [0.717, 1.165) is 25.0 Å². The largest absolute Gasteiger partial charge is 0.492 e. The van der Waals surface area contributed by atoms with Gasteiger partial charge in [-0.3, -0.25) is 9.62 Å². The summed E-state index contributed by atoms with van der Waals surface area (Å²) in [6.07, 6.45) is 2.04. The van der Waals surface area contributed by atoms with E-state index in [2.05, 4.69) is 43.5 Å². The number of anilines is 1. The van der Waals surface area contributed by atoms with Crippen molar-refractivity contribution in [1.29, 1.82) is 0 Å². The van der Waals surface area contributed by atoms with Gasteiger partial charge in [-0.15, -0.1) is 12.4 Å². The van der Waals surface area contributed by atoms with Crippen molar-refractivity contribution >= 4 is 28.1 Å². The van der Waals surface area contributed by atoms with Gasteiger partial charge in [-0.05, 0) is 69.1 Å². The number of nitrogens with one attached hydrogen (secondary N) is 1. The normalized spacial score (nSPS) is 12.4. The Labute approximate surface area is 175 Å². The number of rotatable bonds is 9. The molecule has 0 amide bonds. The Hall–Kier alpha value is -1.76. The molecule has 1 N–H and O–H groups in total. The molecule has 0 bridgehead atoms. The molecule has 0 radical (unpaired) electrons. The SMILES string of the molecule is Cc1cccc(OCC(C)N(C)CCc2ccc(NS(C)(=O)=O)cc2)c1C.Cl. The summed E-state index contributed by atoms with van der Waals surface area (Å²) in [4.78, 5) is 2.27. The minimum absolute atomic E-state index is 0. The summed E-state index contributed by atoms with van der Waals surface area (Å²) < 4.78 is 31.0. The van der Waals surface area contributed by atoms with Crippen LogP contribution in [0, 0.1) is 13.8 Å². The molecule has 156 valence electrons. The molecular formula is C21H31ClN2O3S. The van der Waals surface area contributed by atoms with Crippen LogP contribution in [0.3, 0.4) is 0 Å². The summed E-state index contributed by atoms with van der Waals surface area (Å²) in [5.41, 5.74) is 4.19. The van der Waals surface area contributed by atoms with E-state index in [1.807, 2.05) is 24.3 Å². The van der Waals surface area contributed by atoms with E-state index in [9.17, 15) is 8.42 Å². The second-order valence-electron chi connectivity index (χ2n) is 7.16. The summed E-state index contributed by atoms with van der Waals surface area (Å²) in [6, 6.07) is 13.9. The molecule has 2 rings (SSSR count). The fraction of sp³-hybridized carbons (Fsp3) is 0.429. The molecule has 0 aliphatic rings. The van der Waals surface area contributed by atoms with E-state index in [1.165, 1.54) is 16.7 Å². The first-order valence-electron chi connectivity index (χ1n) is 9.11. The summed E-state index contributed by atoms with van der Waals surface area (Å²) >= 11 is 0. The first-order valence-corrected chi connectivity index (χ1v) is 11.0. The molecule has 0 fully saturated rings. The summed E-state index contributed by atoms with van der Waals surface area (Å²) in [5, 5.41) is 0. The monoisotopic (exact) mass is 426 g/mol. The van der Waals surface area contributed by atoms with Crippen molar-refractivity contribution in [2.75, 3.05) is 31.2 Å². The quantitative estimate of drug-likeness (QED) is 0.657. The number of nitrogens with zero attached hydrogens (tertiary/aromatic N) is 1. The zero-order valence-electron chi connectivity index (χ0n) is 17.2. The maximum absolute atomic E-state index is 11.2. The Kier molecular flexibility index (Phi) is 9.27. The predicted molar refractivity (Wildman–Crippen MR) is 119 cm³/mol. The Morgan fingerprint density at radius 3 is 2.36 bits per heavy atom. The van der Waals surface area contributed by atoms with Crippen molar-refractivity contribution in [1.82, 2.24) is 4.90 Å². The molecule has 0 aliphatic heterocycles. The van der Waals surface area contributed by atoms with Crippen LogP contribution in [-0.2, 0) is 16.4 Å². The van der Waals surface area contributed by atoms with Crippen molar-refractivity contribution in [3.63, 3.8) is 0 Å². The van der Waals surface area contributed by atoms with Crippen LogP contribution in [-0.4, -0.2) is 45.8 Å². The van der Waals surface area contributed by atoms with Gasteiger partial charge < -0.3 is 4.74 Å². The molecule has 0 saturated heterocycles. The minimum atomic E-state index is -3.23. The Morgan fingerprint density at radius 2 is 1.75 bits per heavy atom. The van der Waals surface area contributed by atoms with Crippen molar-refractivity contribution in [2.24, 2.45) is 0 Å². The molecule has 0 aromatic heterocycles. The summed E-state index contributed by atoms with van der Waals surface area (Å²) in [7, 11) is -1.14. The number of hydrogen-bond acceptors (Lipinski definition) is 4. The predicted octanol–water partition coefficient (Wildman–Crippen LogP) is 4.04. The zero-order chi connectivity index (χ0) is 20.0. The van der Waals surface area contributed by atoms with Crippen molar-refractivity contribution < 1.29 is 13.2 Å². The maximum Gasteiger partial charge on any atom is 0.229 e. The highest BCUT2D eigenvalue weighted by molar-refractivity contribution is 7.92. The lowest BCUT2D eigenvalue weighted by Gasteiger charge is -2.25. The van der Waals surface area contributed by atoms with Gasteiger partial charge in [0.05, 0.1) is 6.26 Å². The third-order valence-electron chi connectivity index (χ3n) is 4.80. The van der Waals surface area contributed by atoms with Gasteiger partial charge in [0.2, 0.25) is 10.0 Å². The van der Waals surface area contributed by atoms with E-state index in [-0.39, 0.29) is 18.4 Å². The molecule has 0 aliphatic carbocycles. The third-order valence-corrected chi connectivity index (χ3v) is 5.40. The highest BCUT2D eigenvalue weighted by Crippen LogP contribution is 2.21. The van der Waals surface area contributed by atoms with Gasteiger partial charge in [-0.1, -0.05) is 24.3 Å². The van der Waals surface area contributed by atoms with Gasteiger partial charge in [0, 0.05) is 18.3 Å². The van der Waals surface area contributed by atoms with Gasteiger partial charge in [0.15, 0.2) is 0 Å². The zero-order valence-corrected chi connectivity index (χ0v) is 18.9. The maximum atomic E-state index is 11.2. The lowest BCUT2D eigenvalue weighted by molar-refractivity contribution is 0.174. The lowest BCUT2D eigenvalue weighted by atomic mass is 10.1. The van der Waals surface area contributed by atoms with Crippen LogP contribution in [0.25, 0.3) is 0 Å². The fourth-order valence-corrected chi connectivity index (χ4v) is 3.26. The molecule has 2 aromatic rings. The number of ether oxygens (including phenoxy) is 1. The Bertz CT molecular complexity index is 854. The first-order chi connectivity index (χ1) is 12.7. The standard InChI is InChI=1S/C21H30N2O3S.ClH/c1-16-7-6-8-21(18(16)3)26-15-17(2)23(4)14-13-19-9-11-20(12-10-19)22-27(5,24)25;/h6-12,17,22H,13-15H2,1-5H3;1H. The van der Waals surface area contributed by atoms with Crippen LogP contribution in [0.2, 0.25) is 0 Å². The molecule has 7 heteroatoms. The summed E-state index contributed by atoms with van der Waals surface area (Å²) in [6.45, 7) is 7.87. The molecule has 1 unspecified atom stereocenters. The third kappa shape index (κ3) is 7.70. The van der Waals surface area contributed by atoms with E-state index >= 15 is 0 Å². The van der Waals surface area contributed by atoms with Gasteiger partial charge in [-0.2, -0.15) is 0 Å². The van der Waals surface area contributed by atoms with Gasteiger partial charge in [-0.25, -0.2) is 8.42 Å². The fourth-order valence-electron chi connectivity index (χ4n) is 2.70. The molecule has 5 nitrogen and oxygen atoms in total. The molecule has 2 aromatic carbocycles. The molecule has 1 atom stereocenters. The smallest absolute Gasteiger partial charge is 0.229 e. The van der Waals surface area contributed by atoms with E-state index in [4.69, 9.17) is 4.74 Å². The van der Waals surface area contributed by atoms with Crippen molar-refractivity contribution in [3.05, 3.63) is 59.2 Å². The van der Waals surface area contributed by atoms with Crippen LogP contribution in [0.5, 0.6) is 5.75 Å². The molecule has 0 spiro atoms. The number of halogens is 1. The number of hydrogen-bond donors (Lipinski definition) is 1.